The third kappa shape index (κ3) is 2.69. The maximum atomic E-state index is 11.9. The Hall–Kier alpha value is -0.290. The van der Waals surface area contributed by atoms with Crippen LogP contribution in [0.25, 0.3) is 0 Å². The fourth-order valence-electron chi connectivity index (χ4n) is 2.45. The lowest BCUT2D eigenvalue weighted by Gasteiger charge is -2.52. The summed E-state index contributed by atoms with van der Waals surface area (Å²) in [5.41, 5.74) is -0.328. The molecule has 1 fully saturated rings. The lowest BCUT2D eigenvalue weighted by Crippen LogP contribution is -2.57. The fraction of sp³-hybridized carbons (Fsp3) is 1.00. The van der Waals surface area contributed by atoms with E-state index in [-0.39, 0.29) is 18.1 Å². The van der Waals surface area contributed by atoms with Crippen molar-refractivity contribution in [2.75, 3.05) is 6.61 Å². The van der Waals surface area contributed by atoms with E-state index < -0.39 is 18.7 Å². The largest absolute Gasteiger partial charge is 0.392 e. The van der Waals surface area contributed by atoms with Crippen molar-refractivity contribution in [3.8, 4) is 0 Å². The molecule has 5 heteroatoms. The topological polar surface area (TPSA) is 29.5 Å². The summed E-state index contributed by atoms with van der Waals surface area (Å²) in [6.07, 6.45) is -3.80. The van der Waals surface area contributed by atoms with Crippen LogP contribution in [0.5, 0.6) is 0 Å². The van der Waals surface area contributed by atoms with Crippen LogP contribution in [-0.4, -0.2) is 30.1 Å². The molecule has 1 aliphatic carbocycles. The molecule has 1 aliphatic rings. The highest BCUT2D eigenvalue weighted by Gasteiger charge is 2.52. The van der Waals surface area contributed by atoms with Crippen LogP contribution in [0.15, 0.2) is 0 Å². The average Bonchev–Trinajstić information content (AvgIpc) is 2.17. The van der Waals surface area contributed by atoms with E-state index in [2.05, 4.69) is 0 Å². The van der Waals surface area contributed by atoms with Gasteiger partial charge in [-0.25, -0.2) is 0 Å². The zero-order valence-electron chi connectivity index (χ0n) is 9.68. The highest BCUT2D eigenvalue weighted by Crippen LogP contribution is 2.48. The fourth-order valence-corrected chi connectivity index (χ4v) is 2.45. The summed E-state index contributed by atoms with van der Waals surface area (Å²) in [6.45, 7) is 3.57. The number of hydrogen-bond donors (Lipinski definition) is 1. The van der Waals surface area contributed by atoms with Gasteiger partial charge in [-0.3, -0.25) is 0 Å². The Morgan fingerprint density at radius 1 is 1.31 bits per heavy atom. The number of ether oxygens (including phenoxy) is 1. The molecule has 0 spiro atoms. The lowest BCUT2D eigenvalue weighted by atomic mass is 9.60. The van der Waals surface area contributed by atoms with E-state index >= 15 is 0 Å². The Labute approximate surface area is 93.8 Å². The van der Waals surface area contributed by atoms with Crippen LogP contribution in [0.2, 0.25) is 0 Å². The molecule has 2 nitrogen and oxygen atoms in total. The zero-order chi connectivity index (χ0) is 12.4. The van der Waals surface area contributed by atoms with E-state index in [1.165, 1.54) is 0 Å². The second kappa shape index (κ2) is 4.92. The van der Waals surface area contributed by atoms with Crippen LogP contribution < -0.4 is 0 Å². The first-order chi connectivity index (χ1) is 7.35. The summed E-state index contributed by atoms with van der Waals surface area (Å²) < 4.78 is 41.0. The van der Waals surface area contributed by atoms with E-state index in [1.54, 1.807) is 0 Å². The first kappa shape index (κ1) is 13.8. The van der Waals surface area contributed by atoms with Gasteiger partial charge in [-0.1, -0.05) is 13.8 Å². The van der Waals surface area contributed by atoms with E-state index in [9.17, 15) is 18.3 Å². The lowest BCUT2D eigenvalue weighted by molar-refractivity contribution is -0.210. The number of hydrogen-bond acceptors (Lipinski definition) is 2. The standard InChI is InChI=1S/C11H19F3O2/c1-3-10(4-2)8(15)7-9(10)16-6-5-11(12,13)14/h8-9,15H,3-7H2,1-2H3. The first-order valence-electron chi connectivity index (χ1n) is 5.72. The SMILES string of the molecule is CCC1(CC)C(O)CC1OCCC(F)(F)F. The Morgan fingerprint density at radius 2 is 1.88 bits per heavy atom. The van der Waals surface area contributed by atoms with Gasteiger partial charge in [0.05, 0.1) is 25.2 Å². The van der Waals surface area contributed by atoms with Gasteiger partial charge in [0.15, 0.2) is 0 Å². The summed E-state index contributed by atoms with van der Waals surface area (Å²) in [5, 5.41) is 9.69. The molecule has 1 N–H and O–H groups in total. The summed E-state index contributed by atoms with van der Waals surface area (Å²) >= 11 is 0. The van der Waals surface area contributed by atoms with Gasteiger partial charge >= 0.3 is 6.18 Å². The Kier molecular flexibility index (Phi) is 4.23. The van der Waals surface area contributed by atoms with E-state index in [0.717, 1.165) is 12.8 Å². The molecule has 0 saturated heterocycles. The van der Waals surface area contributed by atoms with Gasteiger partial charge in [0, 0.05) is 11.8 Å². The van der Waals surface area contributed by atoms with Crippen LogP contribution in [0.4, 0.5) is 13.2 Å². The Morgan fingerprint density at radius 3 is 2.25 bits per heavy atom. The van der Waals surface area contributed by atoms with Crippen molar-refractivity contribution in [3.63, 3.8) is 0 Å². The maximum Gasteiger partial charge on any atom is 0.391 e. The van der Waals surface area contributed by atoms with Gasteiger partial charge in [0.1, 0.15) is 0 Å². The molecule has 0 amide bonds. The molecule has 0 radical (unpaired) electrons. The van der Waals surface area contributed by atoms with Gasteiger partial charge in [0.25, 0.3) is 0 Å². The molecular formula is C11H19F3O2. The van der Waals surface area contributed by atoms with E-state index in [0.29, 0.717) is 6.42 Å². The summed E-state index contributed by atoms with van der Waals surface area (Å²) in [7, 11) is 0. The van der Waals surface area contributed by atoms with Crippen molar-refractivity contribution >= 4 is 0 Å². The molecule has 0 aromatic carbocycles. The van der Waals surface area contributed by atoms with Gasteiger partial charge in [-0.15, -0.1) is 0 Å². The molecular weight excluding hydrogens is 221 g/mol. The molecule has 1 saturated carbocycles. The number of aliphatic hydroxyl groups is 1. The molecule has 16 heavy (non-hydrogen) atoms. The van der Waals surface area contributed by atoms with Gasteiger partial charge in [-0.05, 0) is 12.8 Å². The van der Waals surface area contributed by atoms with E-state index in [4.69, 9.17) is 4.74 Å². The zero-order valence-corrected chi connectivity index (χ0v) is 9.68. The van der Waals surface area contributed by atoms with Crippen LogP contribution >= 0.6 is 0 Å². The van der Waals surface area contributed by atoms with Crippen molar-refractivity contribution in [2.24, 2.45) is 5.41 Å². The number of halogens is 3. The second-order valence-electron chi connectivity index (χ2n) is 4.42. The molecule has 0 aromatic heterocycles. The number of aliphatic hydroxyl groups excluding tert-OH is 1. The quantitative estimate of drug-likeness (QED) is 0.800. The highest BCUT2D eigenvalue weighted by atomic mass is 19.4. The molecule has 1 rings (SSSR count). The third-order valence-electron chi connectivity index (χ3n) is 3.76. The average molecular weight is 240 g/mol. The number of alkyl halides is 3. The van der Waals surface area contributed by atoms with Gasteiger partial charge in [0.2, 0.25) is 0 Å². The van der Waals surface area contributed by atoms with Crippen LogP contribution in [0.3, 0.4) is 0 Å². The summed E-state index contributed by atoms with van der Waals surface area (Å²) in [6, 6.07) is 0. The molecule has 0 bridgehead atoms. The minimum atomic E-state index is -4.16. The van der Waals surface area contributed by atoms with Crippen molar-refractivity contribution in [1.82, 2.24) is 0 Å². The monoisotopic (exact) mass is 240 g/mol. The summed E-state index contributed by atoms with van der Waals surface area (Å²) in [4.78, 5) is 0. The molecule has 96 valence electrons. The van der Waals surface area contributed by atoms with Crippen molar-refractivity contribution in [1.29, 1.82) is 0 Å². The van der Waals surface area contributed by atoms with Gasteiger partial charge in [-0.2, -0.15) is 13.2 Å². The smallest absolute Gasteiger partial charge is 0.391 e. The maximum absolute atomic E-state index is 11.9. The van der Waals surface area contributed by atoms with Crippen molar-refractivity contribution in [2.45, 2.75) is 57.9 Å². The normalized spacial score (nSPS) is 28.9. The van der Waals surface area contributed by atoms with Crippen molar-refractivity contribution in [3.05, 3.63) is 0 Å². The molecule has 2 unspecified atom stereocenters. The molecule has 0 aliphatic heterocycles. The Balaban J connectivity index is 2.39. The minimum absolute atomic E-state index is 0.222. The Bertz CT molecular complexity index is 224. The molecule has 0 aromatic rings. The summed E-state index contributed by atoms with van der Waals surface area (Å²) in [5.74, 6) is 0. The van der Waals surface area contributed by atoms with Crippen LogP contribution in [0.1, 0.15) is 39.5 Å². The van der Waals surface area contributed by atoms with Crippen LogP contribution in [0, 0.1) is 5.41 Å². The predicted octanol–water partition coefficient (Wildman–Crippen LogP) is 2.90. The van der Waals surface area contributed by atoms with Crippen molar-refractivity contribution < 1.29 is 23.0 Å². The van der Waals surface area contributed by atoms with E-state index in [1.807, 2.05) is 13.8 Å². The highest BCUT2D eigenvalue weighted by molar-refractivity contribution is 5.02. The second-order valence-corrected chi connectivity index (χ2v) is 4.42. The van der Waals surface area contributed by atoms with Crippen LogP contribution in [-0.2, 0) is 4.74 Å². The minimum Gasteiger partial charge on any atom is -0.392 e. The third-order valence-corrected chi connectivity index (χ3v) is 3.76. The molecule has 2 atom stereocenters. The first-order valence-corrected chi connectivity index (χ1v) is 5.72. The predicted molar refractivity (Wildman–Crippen MR) is 54.1 cm³/mol. The number of rotatable bonds is 5. The molecule has 0 heterocycles. The van der Waals surface area contributed by atoms with Gasteiger partial charge < -0.3 is 9.84 Å².